The molecule has 526 valence electrons. The molecule has 4 atom stereocenters. The van der Waals surface area contributed by atoms with Gasteiger partial charge in [-0.15, -0.1) is 0 Å². The van der Waals surface area contributed by atoms with Crippen LogP contribution in [0.1, 0.15) is 105 Å². The number of ether oxygens (including phenoxy) is 2. The minimum Gasteiger partial charge on any atom is -0.457 e. The molecule has 0 saturated carbocycles. The molecule has 0 fully saturated rings. The van der Waals surface area contributed by atoms with Crippen LogP contribution in [0.4, 0.5) is 51.7 Å². The Bertz CT molecular complexity index is 5820. The summed E-state index contributed by atoms with van der Waals surface area (Å²) in [5.74, 6) is 1.48. The zero-order chi connectivity index (χ0) is 74.0. The molecule has 4 nitrogen and oxygen atoms in total. The third kappa shape index (κ3) is 12.0. The Morgan fingerprint density at radius 2 is 0.815 bits per heavy atom. The molecule has 4 unspecified atom stereocenters. The van der Waals surface area contributed by atoms with Crippen molar-refractivity contribution in [1.82, 2.24) is 0 Å². The molecule has 0 heterocycles. The van der Waals surface area contributed by atoms with Crippen LogP contribution >= 0.6 is 0 Å². The minimum absolute atomic E-state index is 0.0871. The molecule has 0 spiro atoms. The van der Waals surface area contributed by atoms with E-state index in [-0.39, 0.29) is 35.1 Å². The van der Waals surface area contributed by atoms with Crippen molar-refractivity contribution in [2.75, 3.05) is 9.80 Å². The summed E-state index contributed by atoms with van der Waals surface area (Å²) in [6, 6.07) is 96.1. The SMILES string of the molecule is C=Cc1ccc(Oc2ccc(C3(c4ccc(F)cc4)c4ccccc4-c4ccc(N(c5ccc(F)cc5)c5ccc(C6CC(C)=C(c7ccc(N(c8ccc(F)cc8)c8ccc9c(c8)C(c8ccc(Oc%10ccc(C=C)cc%10)cc8)(C8C=CC(F)=CC8)c8ccccc8-9)cc7C)C=C6C)c(C)c5)cc43)cc2)cc1. The van der Waals surface area contributed by atoms with Crippen LogP contribution in [0, 0.1) is 37.2 Å². The van der Waals surface area contributed by atoms with Gasteiger partial charge in [-0.05, 0) is 316 Å². The number of nitrogens with zero attached hydrogens (tertiary/aromatic N) is 2. The van der Waals surface area contributed by atoms with Crippen LogP contribution in [0.15, 0.2) is 346 Å². The Morgan fingerprint density at radius 1 is 0.398 bits per heavy atom. The molecule has 0 bridgehead atoms. The number of aryl methyl sites for hydroxylation is 2. The van der Waals surface area contributed by atoms with Crippen LogP contribution < -0.4 is 19.3 Å². The third-order valence-electron chi connectivity index (χ3n) is 22.5. The summed E-state index contributed by atoms with van der Waals surface area (Å²) < 4.78 is 73.3. The van der Waals surface area contributed by atoms with Gasteiger partial charge >= 0.3 is 0 Å². The van der Waals surface area contributed by atoms with Crippen LogP contribution in [-0.4, -0.2) is 0 Å². The van der Waals surface area contributed by atoms with E-state index in [4.69, 9.17) is 9.47 Å². The second-order valence-electron chi connectivity index (χ2n) is 28.7. The maximum atomic E-state index is 15.2. The van der Waals surface area contributed by atoms with Crippen molar-refractivity contribution in [3.8, 4) is 45.3 Å². The number of rotatable bonds is 18. The molecular formula is C100H76F4N2O2. The number of fused-ring (bicyclic) bond motifs is 6. The number of hydrogen-bond acceptors (Lipinski definition) is 4. The summed E-state index contributed by atoms with van der Waals surface area (Å²) in [5, 5.41) is 0. The normalized spacial score (nSPS) is 17.4. The standard InChI is InChI=1S/C100H76F4N2O2/c1-7-67-17-45-83(46-18-67)107-85-49-25-71(26-50-85)99(69-21-29-73(101)30-22-69)95-15-11-9-13-89(95)91-55-43-81(61-97(91)99)105(77-37-33-75(103)34-38-77)79-41-53-87(63(3)57-79)93-59-66(6)94(60-65(93)5)88-54-42-80(58-64(88)4)106(78-39-35-76(104)36-40-78)82-44-56-92-90-14-10-12-16-96(90)100(98(92)62-82,70-23-31-74(102)32-24-70)72-27-51-86(52-28-72)108-84-47-19-68(8-2)20-48-84/h7-23,25-58,60-62,70,93H,1-2,24,59H2,3-6H3. The van der Waals surface area contributed by atoms with Crippen molar-refractivity contribution >= 4 is 51.8 Å². The van der Waals surface area contributed by atoms with Gasteiger partial charge in [0.2, 0.25) is 0 Å². The van der Waals surface area contributed by atoms with Gasteiger partial charge < -0.3 is 19.3 Å². The molecule has 4 aliphatic carbocycles. The fourth-order valence-electron chi connectivity index (χ4n) is 17.4. The molecular weight excluding hydrogens is 1340 g/mol. The van der Waals surface area contributed by atoms with E-state index in [9.17, 15) is 0 Å². The summed E-state index contributed by atoms with van der Waals surface area (Å²) in [6.45, 7) is 16.6. The van der Waals surface area contributed by atoms with Crippen LogP contribution in [0.25, 0.3) is 40.0 Å². The van der Waals surface area contributed by atoms with Crippen molar-refractivity contribution < 1.29 is 27.0 Å². The van der Waals surface area contributed by atoms with Gasteiger partial charge in [0.25, 0.3) is 0 Å². The number of allylic oxidation sites excluding steroid dienone is 8. The van der Waals surface area contributed by atoms with E-state index in [2.05, 4.69) is 202 Å². The van der Waals surface area contributed by atoms with E-state index >= 15 is 17.6 Å². The van der Waals surface area contributed by atoms with Gasteiger partial charge in [-0.1, -0.05) is 182 Å². The average Bonchev–Trinajstić information content (AvgIpc) is 1.54. The van der Waals surface area contributed by atoms with Gasteiger partial charge in [0.05, 0.1) is 10.8 Å². The summed E-state index contributed by atoms with van der Waals surface area (Å²) >= 11 is 0. The van der Waals surface area contributed by atoms with Crippen molar-refractivity contribution in [1.29, 1.82) is 0 Å². The maximum absolute atomic E-state index is 15.2. The molecule has 0 N–H and O–H groups in total. The highest BCUT2D eigenvalue weighted by molar-refractivity contribution is 5.92. The largest absolute Gasteiger partial charge is 0.457 e. The number of anilines is 6. The highest BCUT2D eigenvalue weighted by atomic mass is 19.1. The summed E-state index contributed by atoms with van der Waals surface area (Å²) in [5.41, 5.74) is 25.3. The lowest BCUT2D eigenvalue weighted by atomic mass is 9.62. The highest BCUT2D eigenvalue weighted by Crippen LogP contribution is 2.61. The predicted octanol–water partition coefficient (Wildman–Crippen LogP) is 27.5. The number of hydrogen-bond donors (Lipinski definition) is 0. The molecule has 8 heteroatoms. The fourth-order valence-corrected chi connectivity index (χ4v) is 17.4. The maximum Gasteiger partial charge on any atom is 0.127 e. The summed E-state index contributed by atoms with van der Waals surface area (Å²) in [6.07, 6.45) is 12.6. The molecule has 0 saturated heterocycles. The van der Waals surface area contributed by atoms with Crippen molar-refractivity contribution in [3.63, 3.8) is 0 Å². The van der Waals surface area contributed by atoms with Crippen LogP contribution in [-0.2, 0) is 10.8 Å². The first-order valence-corrected chi connectivity index (χ1v) is 36.7. The molecule has 4 aliphatic rings. The highest BCUT2D eigenvalue weighted by Gasteiger charge is 2.50. The Morgan fingerprint density at radius 3 is 1.32 bits per heavy atom. The second kappa shape index (κ2) is 27.9. The van der Waals surface area contributed by atoms with Gasteiger partial charge in [0.15, 0.2) is 0 Å². The molecule has 0 aromatic heterocycles. The topological polar surface area (TPSA) is 24.9 Å². The van der Waals surface area contributed by atoms with E-state index in [0.717, 1.165) is 130 Å². The fraction of sp³-hybridized carbons (Fsp3) is 0.100. The molecule has 0 radical (unpaired) electrons. The lowest BCUT2D eigenvalue weighted by molar-refractivity contribution is 0.446. The Balaban J connectivity index is 0.700. The Labute approximate surface area is 628 Å². The zero-order valence-corrected chi connectivity index (χ0v) is 60.4. The monoisotopic (exact) mass is 1410 g/mol. The predicted molar refractivity (Wildman–Crippen MR) is 434 cm³/mol. The molecule has 13 aromatic rings. The first-order chi connectivity index (χ1) is 52.7. The van der Waals surface area contributed by atoms with Crippen LogP contribution in [0.2, 0.25) is 0 Å². The minimum atomic E-state index is -0.887. The van der Waals surface area contributed by atoms with Crippen molar-refractivity contribution in [2.45, 2.75) is 57.3 Å². The van der Waals surface area contributed by atoms with E-state index in [1.165, 1.54) is 58.7 Å². The van der Waals surface area contributed by atoms with Gasteiger partial charge in [-0.3, -0.25) is 0 Å². The first-order valence-electron chi connectivity index (χ1n) is 36.7. The average molecular weight is 1410 g/mol. The van der Waals surface area contributed by atoms with Gasteiger partial charge in [-0.25, -0.2) is 17.6 Å². The number of halogens is 4. The van der Waals surface area contributed by atoms with E-state index in [0.29, 0.717) is 29.4 Å². The molecule has 13 aromatic carbocycles. The quantitative estimate of drug-likeness (QED) is 0.0800. The Hall–Kier alpha value is -12.8. The lowest BCUT2D eigenvalue weighted by Crippen LogP contribution is -2.35. The Kier molecular flexibility index (Phi) is 17.7. The second-order valence-corrected chi connectivity index (χ2v) is 28.7. The van der Waals surface area contributed by atoms with Crippen molar-refractivity contribution in [3.05, 3.63) is 435 Å². The molecule has 17 rings (SSSR count). The molecule has 0 aliphatic heterocycles. The van der Waals surface area contributed by atoms with E-state index < -0.39 is 10.8 Å². The van der Waals surface area contributed by atoms with E-state index in [1.807, 2.05) is 121 Å². The summed E-state index contributed by atoms with van der Waals surface area (Å²) in [4.78, 5) is 4.42. The first kappa shape index (κ1) is 68.3. The smallest absolute Gasteiger partial charge is 0.127 e. The van der Waals surface area contributed by atoms with Crippen LogP contribution in [0.3, 0.4) is 0 Å². The third-order valence-corrected chi connectivity index (χ3v) is 22.5. The summed E-state index contributed by atoms with van der Waals surface area (Å²) in [7, 11) is 0. The molecule has 0 amide bonds. The zero-order valence-electron chi connectivity index (χ0n) is 60.4. The lowest BCUT2D eigenvalue weighted by Gasteiger charge is -2.40. The number of benzene rings is 13. The van der Waals surface area contributed by atoms with Crippen LogP contribution in [0.5, 0.6) is 23.0 Å². The molecule has 108 heavy (non-hydrogen) atoms. The van der Waals surface area contributed by atoms with E-state index in [1.54, 1.807) is 18.2 Å². The van der Waals surface area contributed by atoms with Gasteiger partial charge in [0.1, 0.15) is 46.3 Å². The van der Waals surface area contributed by atoms with Crippen molar-refractivity contribution in [2.24, 2.45) is 5.92 Å². The van der Waals surface area contributed by atoms with Gasteiger partial charge in [0, 0.05) is 40.0 Å². The van der Waals surface area contributed by atoms with Gasteiger partial charge in [-0.2, -0.15) is 0 Å².